The van der Waals surface area contributed by atoms with Crippen LogP contribution in [0.3, 0.4) is 0 Å². The molecule has 2 heteroatoms. The Balaban J connectivity index is 1.85. The second kappa shape index (κ2) is 9.09. The molecule has 0 saturated heterocycles. The molecule has 1 aromatic rings. The first-order valence-corrected chi connectivity index (χ1v) is 8.94. The van der Waals surface area contributed by atoms with Crippen molar-refractivity contribution in [2.24, 2.45) is 0 Å². The first-order valence-electron chi connectivity index (χ1n) is 8.94. The van der Waals surface area contributed by atoms with Crippen molar-refractivity contribution in [2.45, 2.75) is 64.8 Å². The maximum Gasteiger partial charge on any atom is 0.0414 e. The Hall–Kier alpha value is -1.02. The van der Waals surface area contributed by atoms with Gasteiger partial charge in [0, 0.05) is 24.8 Å². The molecular formula is C19H32N2. The SMILES string of the molecule is CCCCCCCCN1CCC(NCC)c2ccccc21. The molecule has 0 fully saturated rings. The van der Waals surface area contributed by atoms with Crippen LogP contribution in [0.1, 0.15) is 70.4 Å². The van der Waals surface area contributed by atoms with E-state index in [1.54, 1.807) is 0 Å². The van der Waals surface area contributed by atoms with Crippen LogP contribution in [0.4, 0.5) is 5.69 Å². The van der Waals surface area contributed by atoms with Gasteiger partial charge in [0.25, 0.3) is 0 Å². The predicted molar refractivity (Wildman–Crippen MR) is 93.1 cm³/mol. The van der Waals surface area contributed by atoms with E-state index in [9.17, 15) is 0 Å². The summed E-state index contributed by atoms with van der Waals surface area (Å²) in [6.07, 6.45) is 9.51. The van der Waals surface area contributed by atoms with Crippen molar-refractivity contribution in [3.8, 4) is 0 Å². The van der Waals surface area contributed by atoms with Crippen molar-refractivity contribution < 1.29 is 0 Å². The second-order valence-corrected chi connectivity index (χ2v) is 6.21. The first-order chi connectivity index (χ1) is 10.4. The van der Waals surface area contributed by atoms with Gasteiger partial charge in [0.2, 0.25) is 0 Å². The molecule has 0 saturated carbocycles. The number of hydrogen-bond donors (Lipinski definition) is 1. The minimum atomic E-state index is 0.548. The molecule has 0 amide bonds. The van der Waals surface area contributed by atoms with Crippen LogP contribution in [0.5, 0.6) is 0 Å². The molecule has 1 aliphatic heterocycles. The number of fused-ring (bicyclic) bond motifs is 1. The summed E-state index contributed by atoms with van der Waals surface area (Å²) < 4.78 is 0. The van der Waals surface area contributed by atoms with Gasteiger partial charge in [-0.05, 0) is 31.0 Å². The van der Waals surface area contributed by atoms with E-state index < -0.39 is 0 Å². The Morgan fingerprint density at radius 3 is 2.62 bits per heavy atom. The topological polar surface area (TPSA) is 15.3 Å². The average Bonchev–Trinajstić information content (AvgIpc) is 2.52. The molecule has 21 heavy (non-hydrogen) atoms. The lowest BCUT2D eigenvalue weighted by Crippen LogP contribution is -2.36. The van der Waals surface area contributed by atoms with Gasteiger partial charge in [-0.1, -0.05) is 64.2 Å². The van der Waals surface area contributed by atoms with E-state index in [-0.39, 0.29) is 0 Å². The summed E-state index contributed by atoms with van der Waals surface area (Å²) in [6.45, 7) is 7.96. The normalized spacial score (nSPS) is 17.8. The number of anilines is 1. The van der Waals surface area contributed by atoms with Crippen LogP contribution >= 0.6 is 0 Å². The van der Waals surface area contributed by atoms with Crippen molar-refractivity contribution in [1.29, 1.82) is 0 Å². The minimum absolute atomic E-state index is 0.548. The maximum atomic E-state index is 3.62. The average molecular weight is 288 g/mol. The van der Waals surface area contributed by atoms with Crippen molar-refractivity contribution in [3.05, 3.63) is 29.8 Å². The van der Waals surface area contributed by atoms with E-state index in [1.807, 2.05) is 0 Å². The fourth-order valence-electron chi connectivity index (χ4n) is 3.40. The lowest BCUT2D eigenvalue weighted by atomic mass is 9.96. The highest BCUT2D eigenvalue weighted by molar-refractivity contribution is 5.56. The molecule has 2 nitrogen and oxygen atoms in total. The third-order valence-electron chi connectivity index (χ3n) is 4.57. The second-order valence-electron chi connectivity index (χ2n) is 6.21. The summed E-state index contributed by atoms with van der Waals surface area (Å²) in [4.78, 5) is 2.60. The van der Waals surface area contributed by atoms with Crippen molar-refractivity contribution in [1.82, 2.24) is 5.32 Å². The number of nitrogens with one attached hydrogen (secondary N) is 1. The summed E-state index contributed by atoms with van der Waals surface area (Å²) in [6, 6.07) is 9.51. The molecule has 0 bridgehead atoms. The Bertz CT molecular complexity index is 402. The van der Waals surface area contributed by atoms with Crippen LogP contribution in [-0.2, 0) is 0 Å². The van der Waals surface area contributed by atoms with Crippen molar-refractivity contribution in [2.75, 3.05) is 24.5 Å². The van der Waals surface area contributed by atoms with Crippen molar-refractivity contribution in [3.63, 3.8) is 0 Å². The molecule has 1 N–H and O–H groups in total. The third-order valence-corrected chi connectivity index (χ3v) is 4.57. The van der Waals surface area contributed by atoms with E-state index in [4.69, 9.17) is 0 Å². The van der Waals surface area contributed by atoms with Gasteiger partial charge < -0.3 is 10.2 Å². The molecule has 1 unspecified atom stereocenters. The van der Waals surface area contributed by atoms with E-state index in [0.29, 0.717) is 6.04 Å². The maximum absolute atomic E-state index is 3.62. The highest BCUT2D eigenvalue weighted by Crippen LogP contribution is 2.33. The van der Waals surface area contributed by atoms with Crippen LogP contribution in [0.25, 0.3) is 0 Å². The van der Waals surface area contributed by atoms with Gasteiger partial charge in [0.15, 0.2) is 0 Å². The smallest absolute Gasteiger partial charge is 0.0414 e. The van der Waals surface area contributed by atoms with Gasteiger partial charge >= 0.3 is 0 Å². The number of unbranched alkanes of at least 4 members (excludes halogenated alkanes) is 5. The van der Waals surface area contributed by atoms with Crippen LogP contribution in [0.2, 0.25) is 0 Å². The first kappa shape index (κ1) is 16.4. The number of benzene rings is 1. The Labute approximate surface area is 130 Å². The highest BCUT2D eigenvalue weighted by atomic mass is 15.1. The molecule has 1 heterocycles. The molecule has 1 aliphatic rings. The van der Waals surface area contributed by atoms with Gasteiger partial charge in [-0.15, -0.1) is 0 Å². The summed E-state index contributed by atoms with van der Waals surface area (Å²) in [5.74, 6) is 0. The van der Waals surface area contributed by atoms with Gasteiger partial charge in [-0.25, -0.2) is 0 Å². The molecule has 0 spiro atoms. The molecule has 0 aromatic heterocycles. The zero-order valence-corrected chi connectivity index (χ0v) is 13.9. The van der Waals surface area contributed by atoms with E-state index in [1.165, 1.54) is 69.3 Å². The van der Waals surface area contributed by atoms with Crippen molar-refractivity contribution >= 4 is 5.69 Å². The summed E-state index contributed by atoms with van der Waals surface area (Å²) in [5, 5.41) is 3.62. The minimum Gasteiger partial charge on any atom is -0.371 e. The summed E-state index contributed by atoms with van der Waals surface area (Å²) in [7, 11) is 0. The quantitative estimate of drug-likeness (QED) is 0.650. The highest BCUT2D eigenvalue weighted by Gasteiger charge is 2.23. The molecule has 2 rings (SSSR count). The fourth-order valence-corrected chi connectivity index (χ4v) is 3.40. The Morgan fingerprint density at radius 1 is 1.05 bits per heavy atom. The Morgan fingerprint density at radius 2 is 1.81 bits per heavy atom. The van der Waals surface area contributed by atoms with Gasteiger partial charge in [-0.2, -0.15) is 0 Å². The summed E-state index contributed by atoms with van der Waals surface area (Å²) >= 11 is 0. The molecule has 0 aliphatic carbocycles. The number of hydrogen-bond acceptors (Lipinski definition) is 2. The number of nitrogens with zero attached hydrogens (tertiary/aromatic N) is 1. The molecule has 1 aromatic carbocycles. The van der Waals surface area contributed by atoms with E-state index >= 15 is 0 Å². The zero-order chi connectivity index (χ0) is 14.9. The van der Waals surface area contributed by atoms with Crippen LogP contribution in [0, 0.1) is 0 Å². The van der Waals surface area contributed by atoms with Crippen LogP contribution in [-0.4, -0.2) is 19.6 Å². The van der Waals surface area contributed by atoms with Crippen LogP contribution in [0.15, 0.2) is 24.3 Å². The van der Waals surface area contributed by atoms with E-state index in [2.05, 4.69) is 48.3 Å². The van der Waals surface area contributed by atoms with E-state index in [0.717, 1.165) is 6.54 Å². The number of para-hydroxylation sites is 1. The molecule has 118 valence electrons. The van der Waals surface area contributed by atoms with Gasteiger partial charge in [-0.3, -0.25) is 0 Å². The standard InChI is InChI=1S/C19H32N2/c1-3-5-6-7-8-11-15-21-16-14-18(20-4-2)17-12-9-10-13-19(17)21/h9-10,12-13,18,20H,3-8,11,14-16H2,1-2H3. The molecular weight excluding hydrogens is 256 g/mol. The lowest BCUT2D eigenvalue weighted by molar-refractivity contribution is 0.484. The molecule has 0 radical (unpaired) electrons. The van der Waals surface area contributed by atoms with Crippen LogP contribution < -0.4 is 10.2 Å². The lowest BCUT2D eigenvalue weighted by Gasteiger charge is -2.36. The monoisotopic (exact) mass is 288 g/mol. The molecule has 1 atom stereocenters. The van der Waals surface area contributed by atoms with Gasteiger partial charge in [0.1, 0.15) is 0 Å². The predicted octanol–water partition coefficient (Wildman–Crippen LogP) is 4.91. The fraction of sp³-hybridized carbons (Fsp3) is 0.684. The summed E-state index contributed by atoms with van der Waals surface area (Å²) in [5.41, 5.74) is 2.96. The zero-order valence-electron chi connectivity index (χ0n) is 13.9. The largest absolute Gasteiger partial charge is 0.371 e. The number of rotatable bonds is 9. The third kappa shape index (κ3) is 4.74. The Kier molecular flexibility index (Phi) is 7.08. The van der Waals surface area contributed by atoms with Gasteiger partial charge in [0.05, 0.1) is 0 Å².